The average molecular weight is 597 g/mol. The van der Waals surface area contributed by atoms with E-state index >= 15 is 0 Å². The lowest BCUT2D eigenvalue weighted by molar-refractivity contribution is -0.738. The quantitative estimate of drug-likeness (QED) is 0.0755. The second kappa shape index (κ2) is 10.3. The van der Waals surface area contributed by atoms with E-state index in [4.69, 9.17) is 30.0 Å². The molecule has 41 heavy (non-hydrogen) atoms. The summed E-state index contributed by atoms with van der Waals surface area (Å²) in [5, 5.41) is 20.9. The number of nitrogen functional groups attached to an aromatic ring is 2. The molecular formula is C20H26N10O10P+. The smallest absolute Gasteiger partial charge is 0.390 e. The number of H-pyrrole nitrogens is 3. The molecule has 21 heteroatoms. The van der Waals surface area contributed by atoms with E-state index in [-0.39, 0.29) is 47.1 Å². The van der Waals surface area contributed by atoms with Crippen LogP contribution >= 0.6 is 7.82 Å². The number of ether oxygens (including phenoxy) is 2. The van der Waals surface area contributed by atoms with Crippen LogP contribution in [0.4, 0.5) is 11.9 Å². The van der Waals surface area contributed by atoms with E-state index in [0.29, 0.717) is 0 Å². The molecule has 6 rings (SSSR count). The predicted molar refractivity (Wildman–Crippen MR) is 135 cm³/mol. The number of nitrogens with zero attached hydrogens (tertiary/aromatic N) is 5. The van der Waals surface area contributed by atoms with Gasteiger partial charge >= 0.3 is 13.5 Å². The van der Waals surface area contributed by atoms with Crippen molar-refractivity contribution in [2.75, 3.05) is 24.7 Å². The summed E-state index contributed by atoms with van der Waals surface area (Å²) < 4.78 is 37.0. The van der Waals surface area contributed by atoms with Crippen molar-refractivity contribution in [1.82, 2.24) is 34.5 Å². The summed E-state index contributed by atoms with van der Waals surface area (Å²) in [6.45, 7) is -1.03. The van der Waals surface area contributed by atoms with Gasteiger partial charge in [-0.15, -0.1) is 0 Å². The second-order valence-electron chi connectivity index (χ2n) is 9.53. The molecule has 0 aromatic carbocycles. The molecule has 0 bridgehead atoms. The van der Waals surface area contributed by atoms with E-state index in [1.807, 2.05) is 0 Å². The molecule has 2 saturated heterocycles. The molecule has 4 aromatic rings. The monoisotopic (exact) mass is 597 g/mol. The van der Waals surface area contributed by atoms with Gasteiger partial charge in [0, 0.05) is 12.8 Å². The van der Waals surface area contributed by atoms with Crippen molar-refractivity contribution in [3.05, 3.63) is 33.4 Å². The summed E-state index contributed by atoms with van der Waals surface area (Å²) >= 11 is 0. The highest BCUT2D eigenvalue weighted by Gasteiger charge is 2.41. The lowest BCUT2D eigenvalue weighted by Crippen LogP contribution is -2.39. The molecule has 7 unspecified atom stereocenters. The highest BCUT2D eigenvalue weighted by atomic mass is 31.2. The summed E-state index contributed by atoms with van der Waals surface area (Å²) in [4.78, 5) is 53.9. The Bertz CT molecular complexity index is 1640. The van der Waals surface area contributed by atoms with Gasteiger partial charge in [-0.3, -0.25) is 38.2 Å². The number of rotatable bonds is 8. The molecule has 20 nitrogen and oxygen atoms in total. The van der Waals surface area contributed by atoms with Gasteiger partial charge in [0.05, 0.1) is 31.7 Å². The van der Waals surface area contributed by atoms with Gasteiger partial charge in [-0.25, -0.2) is 14.1 Å². The SMILES string of the molecule is Nc1nc2c(ncn2C2CC(O)C(COP(=O)(O)OCC3OC([n+]4c[nH]c5c(=O)[nH]c(N)nc54)CC3O)O2)c(=O)[nH]1. The second-order valence-corrected chi connectivity index (χ2v) is 11.0. The first-order valence-corrected chi connectivity index (χ1v) is 13.8. The Morgan fingerprint density at radius 1 is 1.05 bits per heavy atom. The zero-order valence-electron chi connectivity index (χ0n) is 21.0. The number of hydrogen-bond donors (Lipinski definition) is 8. The Morgan fingerprint density at radius 3 is 2.46 bits per heavy atom. The van der Waals surface area contributed by atoms with Crippen LogP contribution in [0.1, 0.15) is 25.3 Å². The third kappa shape index (κ3) is 5.22. The van der Waals surface area contributed by atoms with Crippen LogP contribution in [0.15, 0.2) is 22.2 Å². The fourth-order valence-electron chi connectivity index (χ4n) is 4.81. The normalized spacial score (nSPS) is 28.1. The molecule has 0 saturated carbocycles. The molecule has 0 radical (unpaired) electrons. The molecule has 2 fully saturated rings. The Balaban J connectivity index is 1.05. The van der Waals surface area contributed by atoms with Gasteiger partial charge in [-0.05, 0) is 0 Å². The molecule has 2 aliphatic rings. The summed E-state index contributed by atoms with van der Waals surface area (Å²) in [5.74, 6) is -0.231. The molecule has 4 aromatic heterocycles. The van der Waals surface area contributed by atoms with E-state index < -0.39 is 69.0 Å². The molecule has 0 spiro atoms. The standard InChI is InChI=1S/C20H25N10O10P/c21-19-25-15-13(17(33)27-19)23-5-29(15)11-1-7(31)9(39-11)3-37-41(35,36)38-4-10-8(32)2-12(40-10)30-6-24-14-16(30)26-20(22)28-18(14)34/h5-12,31-32H,1-4H2,(H7,21,22,25,26,27,28,33,34,35,36)/p+1. The maximum atomic E-state index is 12.5. The molecule has 10 N–H and O–H groups in total. The van der Waals surface area contributed by atoms with Crippen LogP contribution in [0.5, 0.6) is 0 Å². The number of phosphoric ester groups is 1. The molecule has 7 atom stereocenters. The van der Waals surface area contributed by atoms with Crippen molar-refractivity contribution in [1.29, 1.82) is 0 Å². The molecule has 0 aliphatic carbocycles. The van der Waals surface area contributed by atoms with E-state index in [0.717, 1.165) is 0 Å². The number of fused-ring (bicyclic) bond motifs is 2. The van der Waals surface area contributed by atoms with Crippen molar-refractivity contribution < 1.29 is 42.8 Å². The third-order valence-corrected chi connectivity index (χ3v) is 7.75. The topological polar surface area (TPSA) is 296 Å². The number of aromatic amines is 3. The first-order chi connectivity index (χ1) is 19.5. The Morgan fingerprint density at radius 2 is 1.71 bits per heavy atom. The largest absolute Gasteiger partial charge is 0.472 e. The van der Waals surface area contributed by atoms with Gasteiger partial charge in [0.1, 0.15) is 18.4 Å². The minimum atomic E-state index is -4.68. The summed E-state index contributed by atoms with van der Waals surface area (Å²) in [5.41, 5.74) is 10.7. The lowest BCUT2D eigenvalue weighted by atomic mass is 10.2. The number of aliphatic hydroxyl groups is 2. The highest BCUT2D eigenvalue weighted by Crippen LogP contribution is 2.45. The molecule has 2 aliphatic heterocycles. The Kier molecular flexibility index (Phi) is 6.86. The zero-order valence-corrected chi connectivity index (χ0v) is 21.9. The van der Waals surface area contributed by atoms with Crippen LogP contribution in [0.2, 0.25) is 0 Å². The molecular weight excluding hydrogens is 571 g/mol. The van der Waals surface area contributed by atoms with Crippen LogP contribution in [0, 0.1) is 0 Å². The van der Waals surface area contributed by atoms with Gasteiger partial charge in [0.25, 0.3) is 17.1 Å². The zero-order chi connectivity index (χ0) is 29.1. The maximum absolute atomic E-state index is 12.5. The number of hydrogen-bond acceptors (Lipinski definition) is 14. The summed E-state index contributed by atoms with van der Waals surface area (Å²) in [6, 6.07) is 0. The number of aromatic nitrogens is 8. The molecule has 6 heterocycles. The van der Waals surface area contributed by atoms with Crippen molar-refractivity contribution in [2.45, 2.75) is 49.7 Å². The van der Waals surface area contributed by atoms with E-state index in [9.17, 15) is 29.3 Å². The predicted octanol–water partition coefficient (Wildman–Crippen LogP) is -2.73. The van der Waals surface area contributed by atoms with E-state index in [1.54, 1.807) is 0 Å². The number of imidazole rings is 2. The number of phosphoric acid groups is 1. The number of nitrogens with one attached hydrogen (secondary N) is 3. The van der Waals surface area contributed by atoms with Gasteiger partial charge in [0.2, 0.25) is 11.5 Å². The van der Waals surface area contributed by atoms with Crippen molar-refractivity contribution >= 4 is 42.0 Å². The van der Waals surface area contributed by atoms with Gasteiger partial charge in [-0.1, -0.05) is 4.98 Å². The maximum Gasteiger partial charge on any atom is 0.472 e. The van der Waals surface area contributed by atoms with Gasteiger partial charge in [0.15, 0.2) is 23.7 Å². The Hall–Kier alpha value is -3.75. The minimum Gasteiger partial charge on any atom is -0.390 e. The number of aliphatic hydroxyl groups excluding tert-OH is 2. The van der Waals surface area contributed by atoms with Crippen LogP contribution in [-0.4, -0.2) is 87.2 Å². The van der Waals surface area contributed by atoms with E-state index in [1.165, 1.54) is 21.8 Å². The van der Waals surface area contributed by atoms with Crippen molar-refractivity contribution in [2.24, 2.45) is 0 Å². The number of anilines is 2. The van der Waals surface area contributed by atoms with Crippen LogP contribution < -0.4 is 27.2 Å². The first kappa shape index (κ1) is 27.4. The average Bonchev–Trinajstić information content (AvgIpc) is 3.67. The molecule has 220 valence electrons. The highest BCUT2D eigenvalue weighted by molar-refractivity contribution is 7.47. The van der Waals surface area contributed by atoms with Crippen LogP contribution in [0.25, 0.3) is 22.3 Å². The number of nitrogens with two attached hydrogens (primary N) is 2. The summed E-state index contributed by atoms with van der Waals surface area (Å²) in [7, 11) is -4.68. The van der Waals surface area contributed by atoms with Crippen LogP contribution in [0.3, 0.4) is 0 Å². The molecule has 0 amide bonds. The van der Waals surface area contributed by atoms with Crippen molar-refractivity contribution in [3.63, 3.8) is 0 Å². The lowest BCUT2D eigenvalue weighted by Gasteiger charge is -2.20. The van der Waals surface area contributed by atoms with Gasteiger partial charge in [-0.2, -0.15) is 4.98 Å². The Labute approximate surface area is 227 Å². The first-order valence-electron chi connectivity index (χ1n) is 12.3. The third-order valence-electron chi connectivity index (χ3n) is 6.79. The van der Waals surface area contributed by atoms with Gasteiger partial charge < -0.3 is 36.0 Å². The van der Waals surface area contributed by atoms with Crippen molar-refractivity contribution in [3.8, 4) is 0 Å². The summed E-state index contributed by atoms with van der Waals surface area (Å²) in [6.07, 6.45) is -2.96. The fraction of sp³-hybridized carbons (Fsp3) is 0.500. The minimum absolute atomic E-state index is 0.0287. The van der Waals surface area contributed by atoms with E-state index in [2.05, 4.69) is 29.9 Å². The fourth-order valence-corrected chi connectivity index (χ4v) is 5.55. The van der Waals surface area contributed by atoms with Crippen LogP contribution in [-0.2, 0) is 23.1 Å².